The molecule has 0 aliphatic heterocycles. The zero-order valence-electron chi connectivity index (χ0n) is 18.3. The van der Waals surface area contributed by atoms with Gasteiger partial charge < -0.3 is 4.90 Å². The predicted octanol–water partition coefficient (Wildman–Crippen LogP) is 6.48. The quantitative estimate of drug-likeness (QED) is 0.229. The fourth-order valence-electron chi connectivity index (χ4n) is 3.34. The van der Waals surface area contributed by atoms with Crippen molar-refractivity contribution in [1.82, 2.24) is 14.9 Å². The number of rotatable bonds is 5. The molecule has 1 aromatic heterocycles. The van der Waals surface area contributed by atoms with E-state index >= 15 is 0 Å². The van der Waals surface area contributed by atoms with Crippen LogP contribution in [0.25, 0.3) is 11.1 Å². The molecule has 0 saturated carbocycles. The Morgan fingerprint density at radius 1 is 0.971 bits per heavy atom. The first-order valence-electron chi connectivity index (χ1n) is 9.82. The summed E-state index contributed by atoms with van der Waals surface area (Å²) in [5, 5.41) is 0.299. The van der Waals surface area contributed by atoms with Crippen molar-refractivity contribution in [3.05, 3.63) is 76.6 Å². The average Bonchev–Trinajstić information content (AvgIpc) is 2.77. The van der Waals surface area contributed by atoms with Crippen LogP contribution in [0, 0.1) is 6.92 Å². The lowest BCUT2D eigenvalue weighted by Gasteiger charge is -2.21. The maximum absolute atomic E-state index is 13.3. The Morgan fingerprint density at radius 3 is 2.09 bits per heavy atom. The molecule has 0 aliphatic rings. The first-order chi connectivity index (χ1) is 15.8. The van der Waals surface area contributed by atoms with Gasteiger partial charge in [0.15, 0.2) is 5.16 Å². The zero-order chi connectivity index (χ0) is 25.3. The van der Waals surface area contributed by atoms with Gasteiger partial charge in [-0.1, -0.05) is 36.0 Å². The summed E-state index contributed by atoms with van der Waals surface area (Å²) >= 11 is 1.19. The molecule has 180 valence electrons. The number of benzene rings is 2. The standard InChI is InChI=1S/C23H19F6N3OS/c1-13-6-4-5-7-17(13)18-11-30-21(34-3)31-19(18)20(33)32(2)12-14-8-15(22(24,25)26)10-16(9-14)23(27,28)29/h4-11H,12H2,1-3H3. The third kappa shape index (κ3) is 5.69. The van der Waals surface area contributed by atoms with Crippen LogP contribution in [0.3, 0.4) is 0 Å². The predicted molar refractivity (Wildman–Crippen MR) is 116 cm³/mol. The van der Waals surface area contributed by atoms with Crippen molar-refractivity contribution < 1.29 is 31.1 Å². The minimum atomic E-state index is -4.98. The van der Waals surface area contributed by atoms with E-state index in [-0.39, 0.29) is 17.3 Å². The van der Waals surface area contributed by atoms with Gasteiger partial charge in [0.1, 0.15) is 5.69 Å². The van der Waals surface area contributed by atoms with Gasteiger partial charge in [0, 0.05) is 25.4 Å². The Bertz CT molecular complexity index is 1180. The molecular formula is C23H19F6N3OS. The Balaban J connectivity index is 2.02. The molecule has 1 heterocycles. The lowest BCUT2D eigenvalue weighted by atomic mass is 10.00. The highest BCUT2D eigenvalue weighted by molar-refractivity contribution is 7.98. The van der Waals surface area contributed by atoms with Gasteiger partial charge in [-0.25, -0.2) is 9.97 Å². The van der Waals surface area contributed by atoms with Crippen LogP contribution in [-0.2, 0) is 18.9 Å². The molecule has 0 aliphatic carbocycles. The highest BCUT2D eigenvalue weighted by atomic mass is 32.2. The van der Waals surface area contributed by atoms with Crippen LogP contribution in [0.5, 0.6) is 0 Å². The number of hydrogen-bond acceptors (Lipinski definition) is 4. The van der Waals surface area contributed by atoms with Gasteiger partial charge in [0.05, 0.1) is 11.1 Å². The van der Waals surface area contributed by atoms with E-state index in [1.54, 1.807) is 18.4 Å². The molecule has 11 heteroatoms. The molecule has 0 radical (unpaired) electrons. The van der Waals surface area contributed by atoms with E-state index in [9.17, 15) is 31.1 Å². The van der Waals surface area contributed by atoms with E-state index in [1.807, 2.05) is 19.1 Å². The smallest absolute Gasteiger partial charge is 0.336 e. The lowest BCUT2D eigenvalue weighted by Crippen LogP contribution is -2.28. The van der Waals surface area contributed by atoms with E-state index in [4.69, 9.17) is 0 Å². The fourth-order valence-corrected chi connectivity index (χ4v) is 3.68. The third-order valence-corrected chi connectivity index (χ3v) is 5.56. The van der Waals surface area contributed by atoms with Crippen molar-refractivity contribution in [3.8, 4) is 11.1 Å². The SMILES string of the molecule is CSc1ncc(-c2ccccc2C)c(C(=O)N(C)Cc2cc(C(F)(F)F)cc(C(F)(F)F)c2)n1. The van der Waals surface area contributed by atoms with Gasteiger partial charge in [0.25, 0.3) is 5.91 Å². The van der Waals surface area contributed by atoms with Crippen molar-refractivity contribution in [1.29, 1.82) is 0 Å². The molecule has 0 saturated heterocycles. The first-order valence-corrected chi connectivity index (χ1v) is 11.0. The van der Waals surface area contributed by atoms with E-state index in [1.165, 1.54) is 25.0 Å². The fraction of sp³-hybridized carbons (Fsp3) is 0.261. The first kappa shape index (κ1) is 25.5. The second kappa shape index (κ2) is 9.65. The van der Waals surface area contributed by atoms with E-state index in [0.29, 0.717) is 28.4 Å². The maximum atomic E-state index is 13.3. The average molecular weight is 499 g/mol. The van der Waals surface area contributed by atoms with Crippen LogP contribution in [0.1, 0.15) is 32.7 Å². The number of thioether (sulfide) groups is 1. The van der Waals surface area contributed by atoms with Crippen molar-refractivity contribution in [2.75, 3.05) is 13.3 Å². The lowest BCUT2D eigenvalue weighted by molar-refractivity contribution is -0.143. The second-order valence-electron chi connectivity index (χ2n) is 7.51. The maximum Gasteiger partial charge on any atom is 0.416 e. The molecule has 0 atom stereocenters. The van der Waals surface area contributed by atoms with Gasteiger partial charge in [0.2, 0.25) is 0 Å². The number of alkyl halides is 6. The minimum Gasteiger partial charge on any atom is -0.336 e. The molecule has 4 nitrogen and oxygen atoms in total. The number of carbonyl (C=O) groups is 1. The van der Waals surface area contributed by atoms with E-state index < -0.39 is 35.9 Å². The van der Waals surface area contributed by atoms with Crippen molar-refractivity contribution >= 4 is 17.7 Å². The number of carbonyl (C=O) groups excluding carboxylic acids is 1. The number of aryl methyl sites for hydroxylation is 1. The van der Waals surface area contributed by atoms with Crippen LogP contribution in [-0.4, -0.2) is 34.1 Å². The summed E-state index contributed by atoms with van der Waals surface area (Å²) in [6.07, 6.45) is -6.76. The topological polar surface area (TPSA) is 46.1 Å². The third-order valence-electron chi connectivity index (χ3n) is 5.00. The highest BCUT2D eigenvalue weighted by Gasteiger charge is 2.37. The van der Waals surface area contributed by atoms with Gasteiger partial charge in [-0.2, -0.15) is 26.3 Å². The molecule has 0 fully saturated rings. The summed E-state index contributed by atoms with van der Waals surface area (Å²) < 4.78 is 79.2. The van der Waals surface area contributed by atoms with Crippen LogP contribution in [0.2, 0.25) is 0 Å². The molecule has 0 bridgehead atoms. The summed E-state index contributed by atoms with van der Waals surface area (Å²) in [6, 6.07) is 8.45. The summed E-state index contributed by atoms with van der Waals surface area (Å²) in [7, 11) is 1.29. The number of halogens is 6. The van der Waals surface area contributed by atoms with Crippen LogP contribution in [0.15, 0.2) is 53.8 Å². The number of amides is 1. The molecular weight excluding hydrogens is 480 g/mol. The Kier molecular flexibility index (Phi) is 7.25. The van der Waals surface area contributed by atoms with Crippen molar-refractivity contribution in [2.24, 2.45) is 0 Å². The molecule has 1 amide bonds. The Hall–Kier alpha value is -3.08. The largest absolute Gasteiger partial charge is 0.416 e. The monoisotopic (exact) mass is 499 g/mol. The molecule has 0 spiro atoms. The summed E-state index contributed by atoms with van der Waals surface area (Å²) in [6.45, 7) is 1.34. The number of hydrogen-bond donors (Lipinski definition) is 0. The second-order valence-corrected chi connectivity index (χ2v) is 8.28. The summed E-state index contributed by atoms with van der Waals surface area (Å²) in [5.41, 5.74) is -1.25. The van der Waals surface area contributed by atoms with Crippen LogP contribution >= 0.6 is 11.8 Å². The van der Waals surface area contributed by atoms with Crippen LogP contribution < -0.4 is 0 Å². The van der Waals surface area contributed by atoms with Gasteiger partial charge in [-0.15, -0.1) is 0 Å². The molecule has 2 aromatic carbocycles. The summed E-state index contributed by atoms with van der Waals surface area (Å²) in [4.78, 5) is 22.8. The number of nitrogens with zero attached hydrogens (tertiary/aromatic N) is 3. The molecule has 0 N–H and O–H groups in total. The van der Waals surface area contributed by atoms with Gasteiger partial charge in [-0.3, -0.25) is 4.79 Å². The Labute approximate surface area is 196 Å². The molecule has 3 rings (SSSR count). The minimum absolute atomic E-state index is 0.000768. The van der Waals surface area contributed by atoms with Gasteiger partial charge in [-0.05, 0) is 48.1 Å². The van der Waals surface area contributed by atoms with E-state index in [0.717, 1.165) is 10.5 Å². The van der Waals surface area contributed by atoms with Crippen molar-refractivity contribution in [3.63, 3.8) is 0 Å². The van der Waals surface area contributed by atoms with Crippen LogP contribution in [0.4, 0.5) is 26.3 Å². The Morgan fingerprint density at radius 2 is 1.56 bits per heavy atom. The molecule has 3 aromatic rings. The van der Waals surface area contributed by atoms with Crippen molar-refractivity contribution in [2.45, 2.75) is 31.0 Å². The van der Waals surface area contributed by atoms with E-state index in [2.05, 4.69) is 9.97 Å². The normalized spacial score (nSPS) is 12.0. The molecule has 0 unspecified atom stereocenters. The highest BCUT2D eigenvalue weighted by Crippen LogP contribution is 2.36. The zero-order valence-corrected chi connectivity index (χ0v) is 19.1. The molecule has 34 heavy (non-hydrogen) atoms. The summed E-state index contributed by atoms with van der Waals surface area (Å²) in [5.74, 6) is -0.665. The van der Waals surface area contributed by atoms with Gasteiger partial charge >= 0.3 is 12.4 Å². The number of aromatic nitrogens is 2.